The van der Waals surface area contributed by atoms with E-state index in [1.165, 1.54) is 23.3 Å². The number of hydrogen-bond donors (Lipinski definition) is 1. The van der Waals surface area contributed by atoms with Gasteiger partial charge in [0.2, 0.25) is 0 Å². The maximum atomic E-state index is 12.9. The van der Waals surface area contributed by atoms with Crippen LogP contribution in [0.3, 0.4) is 0 Å². The highest BCUT2D eigenvalue weighted by Gasteiger charge is 2.04. The lowest BCUT2D eigenvalue weighted by molar-refractivity contribution is -0.123. The lowest BCUT2D eigenvalue weighted by atomic mass is 10.1. The molecule has 0 aliphatic carbocycles. The Balaban J connectivity index is 1.72. The summed E-state index contributed by atoms with van der Waals surface area (Å²) in [5, 5.41) is 2.79. The average Bonchev–Trinajstić information content (AvgIpc) is 2.47. The van der Waals surface area contributed by atoms with E-state index in [9.17, 15) is 9.18 Å². The van der Waals surface area contributed by atoms with Crippen molar-refractivity contribution >= 4 is 5.91 Å². The Morgan fingerprint density at radius 2 is 2.00 bits per heavy atom. The first kappa shape index (κ1) is 15.0. The highest BCUT2D eigenvalue weighted by molar-refractivity contribution is 5.77. The third-order valence-corrected chi connectivity index (χ3v) is 3.14. The number of aryl methyl sites for hydroxylation is 1. The first-order valence-electron chi connectivity index (χ1n) is 6.85. The van der Waals surface area contributed by atoms with Crippen molar-refractivity contribution < 1.29 is 13.9 Å². The van der Waals surface area contributed by atoms with Gasteiger partial charge in [-0.15, -0.1) is 0 Å². The second-order valence-corrected chi connectivity index (χ2v) is 4.77. The van der Waals surface area contributed by atoms with Crippen molar-refractivity contribution in [3.05, 3.63) is 65.5 Å². The summed E-state index contributed by atoms with van der Waals surface area (Å²) in [5.74, 6) is -0.246. The lowest BCUT2D eigenvalue weighted by Gasteiger charge is -2.08. The summed E-state index contributed by atoms with van der Waals surface area (Å²) in [5.41, 5.74) is 2.42. The minimum Gasteiger partial charge on any atom is -0.484 e. The standard InChI is InChI=1S/C17H18FNO2/c1-13-5-2-3-6-14(13)9-10-19-17(20)12-21-16-8-4-7-15(18)11-16/h2-8,11H,9-10,12H2,1H3,(H,19,20). The van der Waals surface area contributed by atoms with Crippen LogP contribution in [0.1, 0.15) is 11.1 Å². The van der Waals surface area contributed by atoms with Crippen LogP contribution in [0, 0.1) is 12.7 Å². The fourth-order valence-corrected chi connectivity index (χ4v) is 1.98. The summed E-state index contributed by atoms with van der Waals surface area (Å²) in [6, 6.07) is 13.8. The Kier molecular flexibility index (Phi) is 5.32. The number of carbonyl (C=O) groups excluding carboxylic acids is 1. The Morgan fingerprint density at radius 1 is 1.19 bits per heavy atom. The molecule has 2 aromatic carbocycles. The van der Waals surface area contributed by atoms with E-state index >= 15 is 0 Å². The van der Waals surface area contributed by atoms with Crippen molar-refractivity contribution in [1.82, 2.24) is 5.32 Å². The van der Waals surface area contributed by atoms with Gasteiger partial charge in [-0.3, -0.25) is 4.79 Å². The van der Waals surface area contributed by atoms with Gasteiger partial charge in [-0.05, 0) is 36.6 Å². The highest BCUT2D eigenvalue weighted by atomic mass is 19.1. The molecule has 0 aliphatic heterocycles. The lowest BCUT2D eigenvalue weighted by Crippen LogP contribution is -2.30. The van der Waals surface area contributed by atoms with Gasteiger partial charge in [-0.2, -0.15) is 0 Å². The molecule has 0 aromatic heterocycles. The van der Waals surface area contributed by atoms with Crippen LogP contribution in [0.15, 0.2) is 48.5 Å². The van der Waals surface area contributed by atoms with Gasteiger partial charge in [0.15, 0.2) is 6.61 Å². The molecule has 0 heterocycles. The van der Waals surface area contributed by atoms with E-state index in [0.717, 1.165) is 6.42 Å². The molecule has 0 saturated carbocycles. The Labute approximate surface area is 123 Å². The molecule has 0 radical (unpaired) electrons. The Hall–Kier alpha value is -2.36. The zero-order chi connectivity index (χ0) is 15.1. The Morgan fingerprint density at radius 3 is 2.76 bits per heavy atom. The van der Waals surface area contributed by atoms with Gasteiger partial charge in [-0.25, -0.2) is 4.39 Å². The molecule has 4 heteroatoms. The van der Waals surface area contributed by atoms with Crippen LogP contribution in [0.4, 0.5) is 4.39 Å². The molecule has 0 unspecified atom stereocenters. The van der Waals surface area contributed by atoms with Gasteiger partial charge in [0.05, 0.1) is 0 Å². The van der Waals surface area contributed by atoms with Crippen molar-refractivity contribution in [3.63, 3.8) is 0 Å². The average molecular weight is 287 g/mol. The molecular weight excluding hydrogens is 269 g/mol. The van der Waals surface area contributed by atoms with Crippen molar-refractivity contribution in [2.24, 2.45) is 0 Å². The normalized spacial score (nSPS) is 10.2. The molecule has 0 fully saturated rings. The van der Waals surface area contributed by atoms with Crippen molar-refractivity contribution in [1.29, 1.82) is 0 Å². The van der Waals surface area contributed by atoms with Crippen LogP contribution in [0.5, 0.6) is 5.75 Å². The number of rotatable bonds is 6. The molecule has 0 spiro atoms. The maximum absolute atomic E-state index is 12.9. The second-order valence-electron chi connectivity index (χ2n) is 4.77. The van der Waals surface area contributed by atoms with E-state index in [0.29, 0.717) is 12.3 Å². The molecule has 2 rings (SSSR count). The van der Waals surface area contributed by atoms with Gasteiger partial charge >= 0.3 is 0 Å². The number of benzene rings is 2. The van der Waals surface area contributed by atoms with Crippen molar-refractivity contribution in [3.8, 4) is 5.75 Å². The van der Waals surface area contributed by atoms with Gasteiger partial charge in [0.1, 0.15) is 11.6 Å². The van der Waals surface area contributed by atoms with E-state index < -0.39 is 0 Å². The molecule has 2 aromatic rings. The van der Waals surface area contributed by atoms with Crippen molar-refractivity contribution in [2.75, 3.05) is 13.2 Å². The minimum absolute atomic E-state index is 0.114. The number of hydrogen-bond acceptors (Lipinski definition) is 2. The molecular formula is C17H18FNO2. The molecule has 0 bridgehead atoms. The summed E-state index contributed by atoms with van der Waals surface area (Å²) in [6.07, 6.45) is 0.776. The summed E-state index contributed by atoms with van der Waals surface area (Å²) in [4.78, 5) is 11.6. The quantitative estimate of drug-likeness (QED) is 0.887. The molecule has 0 atom stereocenters. The van der Waals surface area contributed by atoms with E-state index in [1.807, 2.05) is 31.2 Å². The van der Waals surface area contributed by atoms with Crippen LogP contribution in [0.25, 0.3) is 0 Å². The monoisotopic (exact) mass is 287 g/mol. The largest absolute Gasteiger partial charge is 0.484 e. The maximum Gasteiger partial charge on any atom is 0.257 e. The van der Waals surface area contributed by atoms with E-state index in [2.05, 4.69) is 5.32 Å². The smallest absolute Gasteiger partial charge is 0.257 e. The van der Waals surface area contributed by atoms with E-state index in [4.69, 9.17) is 4.74 Å². The molecule has 110 valence electrons. The van der Waals surface area contributed by atoms with E-state index in [1.54, 1.807) is 12.1 Å². The second kappa shape index (κ2) is 7.43. The number of halogens is 1. The van der Waals surface area contributed by atoms with Crippen LogP contribution < -0.4 is 10.1 Å². The molecule has 3 nitrogen and oxygen atoms in total. The molecule has 0 aliphatic rings. The molecule has 1 amide bonds. The topological polar surface area (TPSA) is 38.3 Å². The fraction of sp³-hybridized carbons (Fsp3) is 0.235. The summed E-state index contributed by atoms with van der Waals surface area (Å²) >= 11 is 0. The first-order valence-corrected chi connectivity index (χ1v) is 6.85. The van der Waals surface area contributed by atoms with Crippen LogP contribution in [0.2, 0.25) is 0 Å². The van der Waals surface area contributed by atoms with Gasteiger partial charge in [0, 0.05) is 12.6 Å². The van der Waals surface area contributed by atoms with Crippen LogP contribution in [-0.4, -0.2) is 19.1 Å². The first-order chi connectivity index (χ1) is 10.1. The Bertz CT molecular complexity index is 613. The molecule has 21 heavy (non-hydrogen) atoms. The van der Waals surface area contributed by atoms with Gasteiger partial charge in [0.25, 0.3) is 5.91 Å². The molecule has 0 saturated heterocycles. The number of carbonyl (C=O) groups is 1. The number of ether oxygens (including phenoxy) is 1. The van der Waals surface area contributed by atoms with Crippen LogP contribution >= 0.6 is 0 Å². The zero-order valence-corrected chi connectivity index (χ0v) is 11.9. The van der Waals surface area contributed by atoms with Crippen molar-refractivity contribution in [2.45, 2.75) is 13.3 Å². The summed E-state index contributed by atoms with van der Waals surface area (Å²) in [7, 11) is 0. The van der Waals surface area contributed by atoms with E-state index in [-0.39, 0.29) is 18.3 Å². The predicted octanol–water partition coefficient (Wildman–Crippen LogP) is 2.87. The third kappa shape index (κ3) is 4.91. The SMILES string of the molecule is Cc1ccccc1CCNC(=O)COc1cccc(F)c1. The number of nitrogens with one attached hydrogen (secondary N) is 1. The minimum atomic E-state index is -0.382. The highest BCUT2D eigenvalue weighted by Crippen LogP contribution is 2.11. The summed E-state index contributed by atoms with van der Waals surface area (Å²) in [6.45, 7) is 2.48. The van der Waals surface area contributed by atoms with Gasteiger partial charge in [-0.1, -0.05) is 30.3 Å². The van der Waals surface area contributed by atoms with Gasteiger partial charge < -0.3 is 10.1 Å². The fourth-order valence-electron chi connectivity index (χ4n) is 1.98. The molecule has 1 N–H and O–H groups in total. The summed E-state index contributed by atoms with van der Waals surface area (Å²) < 4.78 is 18.2. The van der Waals surface area contributed by atoms with Crippen LogP contribution in [-0.2, 0) is 11.2 Å². The predicted molar refractivity (Wildman–Crippen MR) is 79.8 cm³/mol. The third-order valence-electron chi connectivity index (χ3n) is 3.14. The number of amides is 1. The zero-order valence-electron chi connectivity index (χ0n) is 11.9.